The maximum Gasteiger partial charge on any atom is 0.307 e. The summed E-state index contributed by atoms with van der Waals surface area (Å²) in [6, 6.07) is 0. The molecule has 0 bridgehead atoms. The molecule has 9 heteroatoms. The number of carboxylic acid groups (broad SMARTS) is 1. The molecule has 0 radical (unpaired) electrons. The van der Waals surface area contributed by atoms with Crippen LogP contribution in [0.4, 0.5) is 0 Å². The van der Waals surface area contributed by atoms with Crippen LogP contribution in [0.3, 0.4) is 0 Å². The van der Waals surface area contributed by atoms with Gasteiger partial charge in [0.2, 0.25) is 21.8 Å². The summed E-state index contributed by atoms with van der Waals surface area (Å²) in [7, 11) is -4.06. The lowest BCUT2D eigenvalue weighted by molar-refractivity contribution is -0.141. The third kappa shape index (κ3) is 2.55. The lowest BCUT2D eigenvalue weighted by Crippen LogP contribution is -2.66. The van der Waals surface area contributed by atoms with Crippen LogP contribution in [0.25, 0.3) is 0 Å². The molecule has 2 aliphatic rings. The Kier molecular flexibility index (Phi) is 3.83. The number of nitrogens with one attached hydrogen (secondary N) is 1. The Morgan fingerprint density at radius 1 is 1.33 bits per heavy atom. The topological polar surface area (TPSA) is 121 Å². The molecular formula is C12H18N2O6S. The zero-order chi connectivity index (χ0) is 16.0. The molecule has 2 fully saturated rings. The van der Waals surface area contributed by atoms with Crippen molar-refractivity contribution in [2.24, 2.45) is 5.92 Å². The molecule has 118 valence electrons. The number of carbonyl (C=O) groups excluding carboxylic acids is 2. The number of carbonyl (C=O) groups is 3. The van der Waals surface area contributed by atoms with Crippen LogP contribution < -0.4 is 5.32 Å². The zero-order valence-corrected chi connectivity index (χ0v) is 12.6. The van der Waals surface area contributed by atoms with E-state index in [0.29, 0.717) is 6.42 Å². The van der Waals surface area contributed by atoms with E-state index in [9.17, 15) is 22.8 Å². The van der Waals surface area contributed by atoms with Crippen LogP contribution in [-0.2, 0) is 24.4 Å². The van der Waals surface area contributed by atoms with E-state index < -0.39 is 51.1 Å². The average Bonchev–Trinajstić information content (AvgIpc) is 2.83. The third-order valence-corrected chi connectivity index (χ3v) is 6.71. The van der Waals surface area contributed by atoms with Gasteiger partial charge in [-0.1, -0.05) is 6.42 Å². The summed E-state index contributed by atoms with van der Waals surface area (Å²) < 4.78 is 26.3. The van der Waals surface area contributed by atoms with Gasteiger partial charge in [0.15, 0.2) is 0 Å². The molecule has 8 nitrogen and oxygen atoms in total. The van der Waals surface area contributed by atoms with E-state index in [1.54, 1.807) is 0 Å². The standard InChI is InChI=1S/C12H18N2O6S/c1-12(2)11(18)13-9(15)6-14(12)21(19,20)8-5-3-4-7(8)10(16)17/h7-8H,3-6H2,1-2H3,(H,16,17)(H,13,15,18). The molecule has 1 aliphatic heterocycles. The molecule has 2 unspecified atom stereocenters. The molecule has 2 N–H and O–H groups in total. The van der Waals surface area contributed by atoms with Crippen LogP contribution in [0.1, 0.15) is 33.1 Å². The summed E-state index contributed by atoms with van der Waals surface area (Å²) in [6.45, 7) is 2.33. The minimum Gasteiger partial charge on any atom is -0.481 e. The van der Waals surface area contributed by atoms with Gasteiger partial charge in [-0.3, -0.25) is 19.7 Å². The fourth-order valence-electron chi connectivity index (χ4n) is 2.90. The summed E-state index contributed by atoms with van der Waals surface area (Å²) in [6.07, 6.45) is 1.00. The van der Waals surface area contributed by atoms with E-state index in [-0.39, 0.29) is 12.8 Å². The first-order valence-electron chi connectivity index (χ1n) is 6.67. The quantitative estimate of drug-likeness (QED) is 0.664. The number of imide groups is 1. The van der Waals surface area contributed by atoms with Crippen molar-refractivity contribution in [2.45, 2.75) is 43.9 Å². The molecule has 1 aliphatic carbocycles. The Balaban J connectivity index is 2.40. The maximum absolute atomic E-state index is 12.7. The number of hydrogen-bond donors (Lipinski definition) is 2. The Morgan fingerprint density at radius 2 is 1.95 bits per heavy atom. The monoisotopic (exact) mass is 318 g/mol. The van der Waals surface area contributed by atoms with E-state index in [1.165, 1.54) is 13.8 Å². The first-order chi connectivity index (χ1) is 9.58. The van der Waals surface area contributed by atoms with Crippen molar-refractivity contribution in [1.82, 2.24) is 9.62 Å². The summed E-state index contributed by atoms with van der Waals surface area (Å²) in [5.41, 5.74) is -1.42. The second kappa shape index (κ2) is 5.06. The Bertz CT molecular complexity index is 597. The number of amides is 2. The normalized spacial score (nSPS) is 30.2. The van der Waals surface area contributed by atoms with Gasteiger partial charge in [-0.05, 0) is 26.7 Å². The van der Waals surface area contributed by atoms with Crippen LogP contribution >= 0.6 is 0 Å². The highest BCUT2D eigenvalue weighted by atomic mass is 32.2. The van der Waals surface area contributed by atoms with Crippen molar-refractivity contribution in [1.29, 1.82) is 0 Å². The zero-order valence-electron chi connectivity index (χ0n) is 11.8. The fraction of sp³-hybridized carbons (Fsp3) is 0.750. The first kappa shape index (κ1) is 15.9. The molecule has 2 rings (SSSR count). The molecule has 0 aromatic rings. The van der Waals surface area contributed by atoms with Crippen molar-refractivity contribution in [3.63, 3.8) is 0 Å². The van der Waals surface area contributed by atoms with Crippen LogP contribution in [-0.4, -0.2) is 52.9 Å². The van der Waals surface area contributed by atoms with Gasteiger partial charge in [-0.25, -0.2) is 8.42 Å². The molecule has 1 heterocycles. The van der Waals surface area contributed by atoms with Crippen molar-refractivity contribution < 1.29 is 27.9 Å². The van der Waals surface area contributed by atoms with E-state index >= 15 is 0 Å². The summed E-state index contributed by atoms with van der Waals surface area (Å²) in [4.78, 5) is 34.6. The van der Waals surface area contributed by atoms with Gasteiger partial charge < -0.3 is 5.11 Å². The molecule has 0 spiro atoms. The lowest BCUT2D eigenvalue weighted by atomic mass is 10.0. The van der Waals surface area contributed by atoms with Gasteiger partial charge in [-0.2, -0.15) is 4.31 Å². The number of aliphatic carboxylic acids is 1. The predicted molar refractivity (Wildman–Crippen MR) is 71.6 cm³/mol. The van der Waals surface area contributed by atoms with Crippen molar-refractivity contribution in [3.8, 4) is 0 Å². The van der Waals surface area contributed by atoms with Gasteiger partial charge in [0.1, 0.15) is 5.54 Å². The lowest BCUT2D eigenvalue weighted by Gasteiger charge is -2.40. The molecule has 0 aromatic carbocycles. The highest BCUT2D eigenvalue weighted by Gasteiger charge is 2.52. The number of hydrogen-bond acceptors (Lipinski definition) is 5. The predicted octanol–water partition coefficient (Wildman–Crippen LogP) is -0.693. The van der Waals surface area contributed by atoms with E-state index in [1.807, 2.05) is 0 Å². The van der Waals surface area contributed by atoms with Gasteiger partial charge >= 0.3 is 5.97 Å². The van der Waals surface area contributed by atoms with Crippen molar-refractivity contribution in [2.75, 3.05) is 6.54 Å². The summed E-state index contributed by atoms with van der Waals surface area (Å²) in [5, 5.41) is 10.2. The third-order valence-electron chi connectivity index (χ3n) is 4.18. The number of carboxylic acids is 1. The molecular weight excluding hydrogens is 300 g/mol. The highest BCUT2D eigenvalue weighted by Crippen LogP contribution is 2.36. The van der Waals surface area contributed by atoms with E-state index in [4.69, 9.17) is 5.11 Å². The van der Waals surface area contributed by atoms with Crippen LogP contribution in [0.5, 0.6) is 0 Å². The second-order valence-corrected chi connectivity index (χ2v) is 7.98. The highest BCUT2D eigenvalue weighted by molar-refractivity contribution is 7.89. The van der Waals surface area contributed by atoms with Gasteiger partial charge in [0.25, 0.3) is 0 Å². The van der Waals surface area contributed by atoms with Crippen LogP contribution in [0, 0.1) is 5.92 Å². The fourth-order valence-corrected chi connectivity index (χ4v) is 5.37. The molecule has 1 saturated carbocycles. The Labute approximate surface area is 122 Å². The molecule has 2 atom stereocenters. The molecule has 0 aromatic heterocycles. The van der Waals surface area contributed by atoms with Gasteiger partial charge in [0, 0.05) is 0 Å². The number of piperazine rings is 1. The van der Waals surface area contributed by atoms with E-state index in [0.717, 1.165) is 4.31 Å². The number of nitrogens with zero attached hydrogens (tertiary/aromatic N) is 1. The minimum absolute atomic E-state index is 0.224. The molecule has 1 saturated heterocycles. The van der Waals surface area contributed by atoms with Gasteiger partial charge in [0.05, 0.1) is 17.7 Å². The van der Waals surface area contributed by atoms with Gasteiger partial charge in [-0.15, -0.1) is 0 Å². The first-order valence-corrected chi connectivity index (χ1v) is 8.17. The Hall–Kier alpha value is -1.48. The molecule has 21 heavy (non-hydrogen) atoms. The second-order valence-electron chi connectivity index (χ2n) is 5.90. The van der Waals surface area contributed by atoms with Crippen molar-refractivity contribution in [3.05, 3.63) is 0 Å². The molecule has 2 amide bonds. The maximum atomic E-state index is 12.7. The number of sulfonamides is 1. The number of rotatable bonds is 3. The van der Waals surface area contributed by atoms with E-state index in [2.05, 4.69) is 5.32 Å². The van der Waals surface area contributed by atoms with Crippen LogP contribution in [0.15, 0.2) is 0 Å². The average molecular weight is 318 g/mol. The summed E-state index contributed by atoms with van der Waals surface area (Å²) >= 11 is 0. The minimum atomic E-state index is -4.06. The smallest absolute Gasteiger partial charge is 0.307 e. The SMILES string of the molecule is CC1(C)C(=O)NC(=O)CN1S(=O)(=O)C1CCCC1C(=O)O. The van der Waals surface area contributed by atoms with Crippen molar-refractivity contribution >= 4 is 27.8 Å². The summed E-state index contributed by atoms with van der Waals surface area (Å²) in [5.74, 6) is -3.56. The Morgan fingerprint density at radius 3 is 2.52 bits per heavy atom. The van der Waals surface area contributed by atoms with Crippen LogP contribution in [0.2, 0.25) is 0 Å². The largest absolute Gasteiger partial charge is 0.481 e.